The van der Waals surface area contributed by atoms with Crippen LogP contribution >= 0.6 is 0 Å². The van der Waals surface area contributed by atoms with E-state index >= 15 is 0 Å². The quantitative estimate of drug-likeness (QED) is 0.130. The molecule has 46 heavy (non-hydrogen) atoms. The summed E-state index contributed by atoms with van der Waals surface area (Å²) in [5, 5.41) is 29.3. The van der Waals surface area contributed by atoms with Gasteiger partial charge in [-0.2, -0.15) is 5.26 Å². The minimum atomic E-state index is -1.12. The first-order chi connectivity index (χ1) is 22.2. The zero-order valence-corrected chi connectivity index (χ0v) is 23.0. The average Bonchev–Trinajstić information content (AvgIpc) is 3.56. The lowest BCUT2D eigenvalue weighted by atomic mass is 9.84. The van der Waals surface area contributed by atoms with Crippen molar-refractivity contribution in [3.63, 3.8) is 0 Å². The summed E-state index contributed by atoms with van der Waals surface area (Å²) in [6.07, 6.45) is 0. The van der Waals surface area contributed by atoms with Crippen molar-refractivity contribution in [1.29, 1.82) is 15.8 Å². The summed E-state index contributed by atoms with van der Waals surface area (Å²) in [7, 11) is 0. The van der Waals surface area contributed by atoms with Crippen molar-refractivity contribution < 1.29 is 17.6 Å². The van der Waals surface area contributed by atoms with Crippen molar-refractivity contribution in [3.8, 4) is 40.5 Å². The van der Waals surface area contributed by atoms with Crippen LogP contribution in [-0.4, -0.2) is 0 Å². The van der Waals surface area contributed by atoms with Crippen LogP contribution < -0.4 is 0 Å². The van der Waals surface area contributed by atoms with Crippen molar-refractivity contribution in [1.82, 2.24) is 0 Å². The molecular weight excluding hydrogens is 592 g/mol. The minimum absolute atomic E-state index is 0.00262. The van der Waals surface area contributed by atoms with Crippen LogP contribution in [0.25, 0.3) is 59.1 Å². The first kappa shape index (κ1) is 28.9. The predicted molar refractivity (Wildman–Crippen MR) is 160 cm³/mol. The second-order valence-corrected chi connectivity index (χ2v) is 9.93. The number of hydrogen-bond donors (Lipinski definition) is 0. The van der Waals surface area contributed by atoms with E-state index in [-0.39, 0.29) is 55.7 Å². The number of nitriles is 3. The number of benzene rings is 4. The summed E-state index contributed by atoms with van der Waals surface area (Å²) in [4.78, 5) is 9.74. The Labute approximate surface area is 259 Å². The summed E-state index contributed by atoms with van der Waals surface area (Å²) in [6, 6.07) is 18.4. The molecule has 2 aliphatic carbocycles. The fourth-order valence-electron chi connectivity index (χ4n) is 5.99. The zero-order valence-electron chi connectivity index (χ0n) is 23.0. The van der Waals surface area contributed by atoms with Crippen LogP contribution in [0, 0.1) is 77.0 Å². The maximum absolute atomic E-state index is 14.8. The smallest absolute Gasteiger partial charge is 0.232 e. The van der Waals surface area contributed by atoms with Gasteiger partial charge in [0.2, 0.25) is 0 Å². The van der Waals surface area contributed by atoms with Gasteiger partial charge in [-0.05, 0) is 79.9 Å². The van der Waals surface area contributed by atoms with Gasteiger partial charge in [-0.1, -0.05) is 36.4 Å². The SMILES string of the molecule is [C-]#[N+]/C(C#N)=C1C2=C(/C(=C(\C#N)[N+]#[C-])c3c2cccc3-c2cc(F)c([N+]#[C-])c(F)c2)c2cccc(-c3cc(F)c(C#N)c(F)c3)c2\1. The van der Waals surface area contributed by atoms with Gasteiger partial charge in [-0.25, -0.2) is 42.6 Å². The third kappa shape index (κ3) is 3.97. The molecule has 0 aliphatic heterocycles. The van der Waals surface area contributed by atoms with Gasteiger partial charge in [0.15, 0.2) is 0 Å². The summed E-state index contributed by atoms with van der Waals surface area (Å²) in [6.45, 7) is 22.7. The normalized spacial score (nSPS) is 14.4. The highest BCUT2D eigenvalue weighted by molar-refractivity contribution is 6.39. The Balaban J connectivity index is 1.75. The molecular formula is C36H10F4N6. The van der Waals surface area contributed by atoms with Gasteiger partial charge in [-0.3, -0.25) is 0 Å². The monoisotopic (exact) mass is 602 g/mol. The molecule has 4 aromatic rings. The predicted octanol–water partition coefficient (Wildman–Crippen LogP) is 9.25. The molecule has 0 atom stereocenters. The maximum atomic E-state index is 14.8. The van der Waals surface area contributed by atoms with Crippen LogP contribution in [0.5, 0.6) is 0 Å². The van der Waals surface area contributed by atoms with E-state index in [1.54, 1.807) is 24.3 Å². The van der Waals surface area contributed by atoms with E-state index < -0.39 is 45.9 Å². The van der Waals surface area contributed by atoms with E-state index in [4.69, 9.17) is 25.0 Å². The molecule has 0 bridgehead atoms. The number of nitrogens with zero attached hydrogens (tertiary/aromatic N) is 6. The van der Waals surface area contributed by atoms with Crippen LogP contribution in [0.3, 0.4) is 0 Å². The lowest BCUT2D eigenvalue weighted by molar-refractivity contribution is 0.577. The maximum Gasteiger partial charge on any atom is 0.270 e. The van der Waals surface area contributed by atoms with Gasteiger partial charge >= 0.3 is 0 Å². The van der Waals surface area contributed by atoms with Gasteiger partial charge < -0.3 is 0 Å². The highest BCUT2D eigenvalue weighted by Crippen LogP contribution is 2.62. The Bertz CT molecular complexity index is 2230. The Hall–Kier alpha value is -7.24. The third-order valence-corrected chi connectivity index (χ3v) is 7.73. The molecule has 212 valence electrons. The van der Waals surface area contributed by atoms with Gasteiger partial charge in [0.1, 0.15) is 34.9 Å². The van der Waals surface area contributed by atoms with E-state index in [9.17, 15) is 28.1 Å². The highest BCUT2D eigenvalue weighted by atomic mass is 19.1. The zero-order chi connectivity index (χ0) is 32.9. The molecule has 6 rings (SSSR count). The summed E-state index contributed by atoms with van der Waals surface area (Å²) in [5.74, 6) is -4.48. The van der Waals surface area contributed by atoms with Crippen LogP contribution in [0.15, 0.2) is 72.1 Å². The molecule has 6 nitrogen and oxygen atoms in total. The van der Waals surface area contributed by atoms with Gasteiger partial charge in [-0.15, -0.1) is 0 Å². The molecule has 0 heterocycles. The lowest BCUT2D eigenvalue weighted by Gasteiger charge is -2.19. The molecule has 0 unspecified atom stereocenters. The molecule has 4 aromatic carbocycles. The summed E-state index contributed by atoms with van der Waals surface area (Å²) < 4.78 is 59.2. The summed E-state index contributed by atoms with van der Waals surface area (Å²) in [5.41, 5.74) is -0.138. The molecule has 0 aromatic heterocycles. The number of allylic oxidation sites excluding steroid dienone is 6. The van der Waals surface area contributed by atoms with E-state index in [0.29, 0.717) is 11.1 Å². The average molecular weight is 603 g/mol. The van der Waals surface area contributed by atoms with Crippen molar-refractivity contribution in [2.75, 3.05) is 0 Å². The molecule has 0 spiro atoms. The second-order valence-electron chi connectivity index (χ2n) is 9.93. The number of hydrogen-bond acceptors (Lipinski definition) is 3. The molecule has 0 radical (unpaired) electrons. The number of fused-ring (bicyclic) bond motifs is 4. The Kier molecular flexibility index (Phi) is 6.77. The van der Waals surface area contributed by atoms with Crippen molar-refractivity contribution >= 4 is 28.0 Å². The number of halogens is 4. The van der Waals surface area contributed by atoms with Crippen molar-refractivity contribution in [2.45, 2.75) is 0 Å². The third-order valence-electron chi connectivity index (χ3n) is 7.73. The van der Waals surface area contributed by atoms with E-state index in [1.165, 1.54) is 18.2 Å². The number of rotatable bonds is 2. The molecule has 0 N–H and O–H groups in total. The Morgan fingerprint density at radius 2 is 0.978 bits per heavy atom. The van der Waals surface area contributed by atoms with E-state index in [0.717, 1.165) is 24.3 Å². The van der Waals surface area contributed by atoms with Crippen LogP contribution in [-0.2, 0) is 0 Å². The van der Waals surface area contributed by atoms with Crippen LogP contribution in [0.2, 0.25) is 0 Å². The van der Waals surface area contributed by atoms with Crippen molar-refractivity contribution in [2.24, 2.45) is 0 Å². The van der Waals surface area contributed by atoms with Crippen molar-refractivity contribution in [3.05, 3.63) is 157 Å². The molecule has 0 saturated carbocycles. The van der Waals surface area contributed by atoms with E-state index in [2.05, 4.69) is 14.5 Å². The molecule has 0 fully saturated rings. The highest BCUT2D eigenvalue weighted by Gasteiger charge is 2.42. The molecule has 10 heteroatoms. The van der Waals surface area contributed by atoms with E-state index in [1.807, 2.05) is 12.1 Å². The van der Waals surface area contributed by atoms with Gasteiger partial charge in [0.25, 0.3) is 17.1 Å². The van der Waals surface area contributed by atoms with Crippen LogP contribution in [0.4, 0.5) is 23.2 Å². The first-order valence-corrected chi connectivity index (χ1v) is 13.1. The summed E-state index contributed by atoms with van der Waals surface area (Å²) >= 11 is 0. The van der Waals surface area contributed by atoms with Gasteiger partial charge in [0, 0.05) is 11.1 Å². The largest absolute Gasteiger partial charge is 0.270 e. The lowest BCUT2D eigenvalue weighted by Crippen LogP contribution is -2.00. The molecule has 0 amide bonds. The first-order valence-electron chi connectivity index (χ1n) is 13.1. The molecule has 0 saturated heterocycles. The topological polar surface area (TPSA) is 84.4 Å². The second kappa shape index (κ2) is 10.8. The fraction of sp³-hybridized carbons (Fsp3) is 0. The Morgan fingerprint density at radius 3 is 1.33 bits per heavy atom. The van der Waals surface area contributed by atoms with Gasteiger partial charge in [0.05, 0.1) is 31.9 Å². The standard InChI is InChI=1S/C36H10F4N6/c1-44-28(15-42)34-30-19(17-10-24(37)23(14-41)25(38)11-17)6-4-8-21(30)32-33(34)22-9-5-7-20(31(22)35(32)29(16-43)45-2)18-12-26(39)36(46-3)27(40)13-18/h4-13H/b34-28-,35-29+. The Morgan fingerprint density at radius 1 is 0.587 bits per heavy atom. The van der Waals surface area contributed by atoms with Crippen LogP contribution in [0.1, 0.15) is 27.8 Å². The molecule has 2 aliphatic rings. The minimum Gasteiger partial charge on any atom is -0.232 e. The fourth-order valence-corrected chi connectivity index (χ4v) is 5.99.